The maximum absolute atomic E-state index is 12.3. The Kier molecular flexibility index (Phi) is 6.60. The molecule has 3 rings (SSSR count). The molecule has 0 atom stereocenters. The number of nitrogens with zero attached hydrogens (tertiary/aromatic N) is 1. The van der Waals surface area contributed by atoms with Crippen molar-refractivity contribution in [3.63, 3.8) is 0 Å². The van der Waals surface area contributed by atoms with Gasteiger partial charge in [0.1, 0.15) is 5.75 Å². The van der Waals surface area contributed by atoms with Crippen LogP contribution in [0, 0.1) is 0 Å². The zero-order valence-corrected chi connectivity index (χ0v) is 15.7. The van der Waals surface area contributed by atoms with Crippen LogP contribution in [0.15, 0.2) is 54.6 Å². The molecule has 1 fully saturated rings. The monoisotopic (exact) mass is 388 g/mol. The molecule has 2 aromatic carbocycles. The molecule has 1 aliphatic rings. The zero-order chi connectivity index (χ0) is 19.9. The molecular formula is C21H24F2N3O2+. The van der Waals surface area contributed by atoms with Crippen molar-refractivity contribution in [3.8, 4) is 5.75 Å². The van der Waals surface area contributed by atoms with Gasteiger partial charge in [0.25, 0.3) is 0 Å². The summed E-state index contributed by atoms with van der Waals surface area (Å²) in [7, 11) is 2.18. The largest absolute Gasteiger partial charge is 0.435 e. The molecule has 1 aliphatic heterocycles. The van der Waals surface area contributed by atoms with Crippen LogP contribution in [0.2, 0.25) is 0 Å². The second-order valence-electron chi connectivity index (χ2n) is 6.73. The van der Waals surface area contributed by atoms with E-state index in [2.05, 4.69) is 22.0 Å². The zero-order valence-electron chi connectivity index (χ0n) is 15.7. The van der Waals surface area contributed by atoms with E-state index in [0.717, 1.165) is 37.6 Å². The number of benzene rings is 2. The van der Waals surface area contributed by atoms with E-state index in [1.165, 1.54) is 23.1 Å². The van der Waals surface area contributed by atoms with Gasteiger partial charge in [-0.05, 0) is 35.9 Å². The van der Waals surface area contributed by atoms with Gasteiger partial charge in [0, 0.05) is 6.08 Å². The second-order valence-corrected chi connectivity index (χ2v) is 6.73. The Balaban J connectivity index is 1.62. The molecule has 28 heavy (non-hydrogen) atoms. The lowest BCUT2D eigenvalue weighted by Gasteiger charge is -2.32. The SMILES string of the molecule is C[NH+]1CCN(c2ccccc2NC(=O)/C=C/c2ccc(OC(F)F)cc2)CC1. The standard InChI is InChI=1S/C21H23F2N3O2/c1-25-12-14-26(15-13-25)19-5-3-2-4-18(19)24-20(27)11-8-16-6-9-17(10-7-16)28-21(22)23/h2-11,21H,12-15H2,1H3,(H,24,27)/p+1/b11-8+. The molecule has 1 saturated heterocycles. The van der Waals surface area contributed by atoms with E-state index in [-0.39, 0.29) is 11.7 Å². The number of alkyl halides is 2. The van der Waals surface area contributed by atoms with Crippen LogP contribution in [-0.2, 0) is 4.79 Å². The number of halogens is 2. The van der Waals surface area contributed by atoms with Crippen LogP contribution in [-0.4, -0.2) is 45.7 Å². The summed E-state index contributed by atoms with van der Waals surface area (Å²) in [6.07, 6.45) is 3.05. The van der Waals surface area contributed by atoms with Crippen molar-refractivity contribution in [1.82, 2.24) is 0 Å². The molecule has 5 nitrogen and oxygen atoms in total. The average Bonchev–Trinajstić information content (AvgIpc) is 2.68. The summed E-state index contributed by atoms with van der Waals surface area (Å²) in [5.41, 5.74) is 2.51. The summed E-state index contributed by atoms with van der Waals surface area (Å²) in [5.74, 6) is -0.167. The fourth-order valence-corrected chi connectivity index (χ4v) is 3.09. The fraction of sp³-hybridized carbons (Fsp3) is 0.286. The molecule has 0 saturated carbocycles. The summed E-state index contributed by atoms with van der Waals surface area (Å²) in [6.45, 7) is 1.17. The highest BCUT2D eigenvalue weighted by Crippen LogP contribution is 2.25. The Morgan fingerprint density at radius 2 is 1.82 bits per heavy atom. The number of carbonyl (C=O) groups is 1. The number of likely N-dealkylation sites (N-methyl/N-ethyl adjacent to an activating group) is 1. The second kappa shape index (κ2) is 9.32. The summed E-state index contributed by atoms with van der Waals surface area (Å²) in [6, 6.07) is 13.9. The number of para-hydroxylation sites is 2. The van der Waals surface area contributed by atoms with E-state index >= 15 is 0 Å². The summed E-state index contributed by atoms with van der Waals surface area (Å²) in [5, 5.41) is 2.93. The molecule has 0 bridgehead atoms. The van der Waals surface area contributed by atoms with Crippen molar-refractivity contribution in [3.05, 3.63) is 60.2 Å². The van der Waals surface area contributed by atoms with Crippen LogP contribution in [0.4, 0.5) is 20.2 Å². The van der Waals surface area contributed by atoms with Gasteiger partial charge in [0.05, 0.1) is 44.6 Å². The van der Waals surface area contributed by atoms with E-state index in [1.54, 1.807) is 18.2 Å². The lowest BCUT2D eigenvalue weighted by Crippen LogP contribution is -3.12. The minimum Gasteiger partial charge on any atom is -0.435 e. The Hall–Kier alpha value is -2.93. The van der Waals surface area contributed by atoms with Crippen LogP contribution in [0.25, 0.3) is 6.08 Å². The summed E-state index contributed by atoms with van der Waals surface area (Å²) in [4.78, 5) is 16.1. The smallest absolute Gasteiger partial charge is 0.387 e. The van der Waals surface area contributed by atoms with Crippen LogP contribution in [0.5, 0.6) is 5.75 Å². The number of rotatable bonds is 6. The van der Waals surface area contributed by atoms with E-state index in [4.69, 9.17) is 0 Å². The van der Waals surface area contributed by atoms with Crippen LogP contribution in [0.3, 0.4) is 0 Å². The summed E-state index contributed by atoms with van der Waals surface area (Å²) >= 11 is 0. The molecule has 7 heteroatoms. The van der Waals surface area contributed by atoms with Crippen molar-refractivity contribution < 1.29 is 23.2 Å². The van der Waals surface area contributed by atoms with E-state index in [1.807, 2.05) is 24.3 Å². The molecule has 0 aliphatic carbocycles. The topological polar surface area (TPSA) is 46.0 Å². The van der Waals surface area contributed by atoms with Gasteiger partial charge in [-0.2, -0.15) is 8.78 Å². The summed E-state index contributed by atoms with van der Waals surface area (Å²) < 4.78 is 28.7. The third-order valence-corrected chi connectivity index (χ3v) is 4.65. The van der Waals surface area contributed by atoms with Crippen LogP contribution in [0.1, 0.15) is 5.56 Å². The average molecular weight is 388 g/mol. The number of quaternary nitrogens is 1. The van der Waals surface area contributed by atoms with Gasteiger partial charge in [-0.15, -0.1) is 0 Å². The normalized spacial score (nSPS) is 15.2. The number of hydrogen-bond donors (Lipinski definition) is 2. The maximum atomic E-state index is 12.3. The van der Waals surface area contributed by atoms with Gasteiger partial charge >= 0.3 is 6.61 Å². The minimum atomic E-state index is -2.85. The lowest BCUT2D eigenvalue weighted by molar-refractivity contribution is -0.880. The first-order chi connectivity index (χ1) is 13.5. The van der Waals surface area contributed by atoms with Crippen molar-refractivity contribution in [1.29, 1.82) is 0 Å². The van der Waals surface area contributed by atoms with Gasteiger partial charge in [-0.1, -0.05) is 24.3 Å². The molecule has 0 radical (unpaired) electrons. The van der Waals surface area contributed by atoms with E-state index in [9.17, 15) is 13.6 Å². The van der Waals surface area contributed by atoms with Crippen LogP contribution < -0.4 is 19.9 Å². The lowest BCUT2D eigenvalue weighted by atomic mass is 10.2. The first-order valence-corrected chi connectivity index (χ1v) is 9.20. The number of piperazine rings is 1. The number of hydrogen-bond acceptors (Lipinski definition) is 3. The Morgan fingerprint density at radius 1 is 1.14 bits per heavy atom. The molecule has 0 spiro atoms. The molecule has 148 valence electrons. The Bertz CT molecular complexity index is 817. The molecule has 2 aromatic rings. The Labute approximate surface area is 163 Å². The van der Waals surface area contributed by atoms with Crippen LogP contribution >= 0.6 is 0 Å². The third-order valence-electron chi connectivity index (χ3n) is 4.65. The van der Waals surface area contributed by atoms with Gasteiger partial charge in [-0.3, -0.25) is 4.79 Å². The van der Waals surface area contributed by atoms with Gasteiger partial charge in [-0.25, -0.2) is 0 Å². The van der Waals surface area contributed by atoms with Gasteiger partial charge < -0.3 is 19.9 Å². The highest BCUT2D eigenvalue weighted by atomic mass is 19.3. The molecule has 2 N–H and O–H groups in total. The molecule has 0 aromatic heterocycles. The first kappa shape index (κ1) is 19.8. The number of carbonyl (C=O) groups excluding carboxylic acids is 1. The van der Waals surface area contributed by atoms with Crippen molar-refractivity contribution in [2.24, 2.45) is 0 Å². The highest BCUT2D eigenvalue weighted by molar-refractivity contribution is 6.03. The number of anilines is 2. The van der Waals surface area contributed by atoms with Gasteiger partial charge in [0.15, 0.2) is 0 Å². The number of nitrogens with one attached hydrogen (secondary N) is 2. The van der Waals surface area contributed by atoms with E-state index < -0.39 is 6.61 Å². The predicted molar refractivity (Wildman–Crippen MR) is 106 cm³/mol. The predicted octanol–water partition coefficient (Wildman–Crippen LogP) is 2.27. The third kappa shape index (κ3) is 5.53. The van der Waals surface area contributed by atoms with Crippen molar-refractivity contribution >= 4 is 23.4 Å². The molecule has 1 amide bonds. The number of amides is 1. The minimum absolute atomic E-state index is 0.0829. The molecule has 1 heterocycles. The first-order valence-electron chi connectivity index (χ1n) is 9.20. The Morgan fingerprint density at radius 3 is 2.50 bits per heavy atom. The van der Waals surface area contributed by atoms with E-state index in [0.29, 0.717) is 5.56 Å². The fourth-order valence-electron chi connectivity index (χ4n) is 3.09. The molecule has 0 unspecified atom stereocenters. The quantitative estimate of drug-likeness (QED) is 0.747. The number of ether oxygens (including phenoxy) is 1. The maximum Gasteiger partial charge on any atom is 0.387 e. The van der Waals surface area contributed by atoms with Gasteiger partial charge in [0.2, 0.25) is 5.91 Å². The van der Waals surface area contributed by atoms with Crippen molar-refractivity contribution in [2.75, 3.05) is 43.4 Å². The molecular weight excluding hydrogens is 364 g/mol. The van der Waals surface area contributed by atoms with Crippen molar-refractivity contribution in [2.45, 2.75) is 6.61 Å². The highest BCUT2D eigenvalue weighted by Gasteiger charge is 2.19.